The fourth-order valence-corrected chi connectivity index (χ4v) is 2.57. The van der Waals surface area contributed by atoms with E-state index >= 15 is 0 Å². The van der Waals surface area contributed by atoms with Crippen LogP contribution in [0.15, 0.2) is 45.4 Å². The van der Waals surface area contributed by atoms with Gasteiger partial charge in [0.25, 0.3) is 0 Å². The second-order valence-corrected chi connectivity index (χ2v) is 5.76. The maximum Gasteiger partial charge on any atom is 0.193 e. The van der Waals surface area contributed by atoms with Gasteiger partial charge in [0.05, 0.1) is 4.47 Å². The van der Waals surface area contributed by atoms with E-state index in [-0.39, 0.29) is 6.04 Å². The van der Waals surface area contributed by atoms with Gasteiger partial charge in [0.15, 0.2) is 5.16 Å². The highest BCUT2D eigenvalue weighted by Gasteiger charge is 2.06. The molecule has 0 saturated carbocycles. The van der Waals surface area contributed by atoms with E-state index in [0.29, 0.717) is 5.16 Å². The molecular weight excluding hydrogens is 312 g/mol. The van der Waals surface area contributed by atoms with Crippen LogP contribution in [0, 0.1) is 0 Å². The van der Waals surface area contributed by atoms with Crippen molar-refractivity contribution in [1.82, 2.24) is 15.0 Å². The molecule has 1 unspecified atom stereocenters. The number of halogens is 1. The Morgan fingerprint density at radius 1 is 1.33 bits per heavy atom. The number of hydrogen-bond acceptors (Lipinski definition) is 5. The molecule has 1 atom stereocenters. The van der Waals surface area contributed by atoms with E-state index in [2.05, 4.69) is 30.9 Å². The van der Waals surface area contributed by atoms with Crippen molar-refractivity contribution in [3.8, 4) is 0 Å². The zero-order valence-electron chi connectivity index (χ0n) is 9.88. The Labute approximate surface area is 119 Å². The third kappa shape index (κ3) is 3.76. The summed E-state index contributed by atoms with van der Waals surface area (Å²) in [5.41, 5.74) is 6.78. The zero-order chi connectivity index (χ0) is 13.0. The first-order valence-corrected chi connectivity index (χ1v) is 7.11. The molecule has 2 aromatic heterocycles. The Kier molecular flexibility index (Phi) is 4.68. The third-order valence-electron chi connectivity index (χ3n) is 2.15. The fourth-order valence-electron chi connectivity index (χ4n) is 1.41. The molecule has 2 N–H and O–H groups in total. The molecule has 18 heavy (non-hydrogen) atoms. The third-order valence-corrected chi connectivity index (χ3v) is 3.97. The Morgan fingerprint density at radius 2 is 2.06 bits per heavy atom. The molecule has 0 aliphatic heterocycles. The van der Waals surface area contributed by atoms with Gasteiger partial charge in [-0.3, -0.25) is 0 Å². The van der Waals surface area contributed by atoms with Gasteiger partial charge in [-0.15, -0.1) is 0 Å². The molecule has 0 aliphatic rings. The first-order chi connectivity index (χ1) is 8.65. The highest BCUT2D eigenvalue weighted by Crippen LogP contribution is 2.28. The molecule has 0 amide bonds. The SMILES string of the molecule is CC(N)Cc1cnc(Sc2ncccc2Br)nc1. The molecule has 0 fully saturated rings. The van der Waals surface area contributed by atoms with Gasteiger partial charge >= 0.3 is 0 Å². The minimum absolute atomic E-state index is 0.122. The lowest BCUT2D eigenvalue weighted by molar-refractivity contribution is 0.727. The number of nitrogens with zero attached hydrogens (tertiary/aromatic N) is 3. The Hall–Kier alpha value is -0.980. The summed E-state index contributed by atoms with van der Waals surface area (Å²) in [4.78, 5) is 12.9. The van der Waals surface area contributed by atoms with Crippen molar-refractivity contribution in [3.63, 3.8) is 0 Å². The van der Waals surface area contributed by atoms with Crippen LogP contribution < -0.4 is 5.73 Å². The highest BCUT2D eigenvalue weighted by molar-refractivity contribution is 9.10. The van der Waals surface area contributed by atoms with Crippen LogP contribution in [0.2, 0.25) is 0 Å². The van der Waals surface area contributed by atoms with Crippen LogP contribution in [0.4, 0.5) is 0 Å². The van der Waals surface area contributed by atoms with Crippen LogP contribution in [0.1, 0.15) is 12.5 Å². The summed E-state index contributed by atoms with van der Waals surface area (Å²) in [6.45, 7) is 1.97. The van der Waals surface area contributed by atoms with E-state index in [9.17, 15) is 0 Å². The molecule has 0 radical (unpaired) electrons. The number of rotatable bonds is 4. The molecule has 0 aromatic carbocycles. The van der Waals surface area contributed by atoms with Crippen LogP contribution in [-0.4, -0.2) is 21.0 Å². The van der Waals surface area contributed by atoms with Crippen LogP contribution in [0.25, 0.3) is 0 Å². The normalized spacial score (nSPS) is 12.4. The van der Waals surface area contributed by atoms with E-state index in [4.69, 9.17) is 5.73 Å². The van der Waals surface area contributed by atoms with Gasteiger partial charge in [0, 0.05) is 24.6 Å². The van der Waals surface area contributed by atoms with Gasteiger partial charge in [-0.25, -0.2) is 15.0 Å². The van der Waals surface area contributed by atoms with Crippen LogP contribution in [-0.2, 0) is 6.42 Å². The molecular formula is C12H13BrN4S. The smallest absolute Gasteiger partial charge is 0.193 e. The van der Waals surface area contributed by atoms with Gasteiger partial charge < -0.3 is 5.73 Å². The Morgan fingerprint density at radius 3 is 2.67 bits per heavy atom. The Bertz CT molecular complexity index is 516. The van der Waals surface area contributed by atoms with E-state index in [1.54, 1.807) is 6.20 Å². The number of nitrogens with two attached hydrogens (primary N) is 1. The predicted molar refractivity (Wildman–Crippen MR) is 75.4 cm³/mol. The molecule has 0 saturated heterocycles. The summed E-state index contributed by atoms with van der Waals surface area (Å²) in [5.74, 6) is 0. The van der Waals surface area contributed by atoms with Crippen molar-refractivity contribution >= 4 is 27.7 Å². The molecule has 2 aromatic rings. The van der Waals surface area contributed by atoms with E-state index < -0.39 is 0 Å². The summed E-state index contributed by atoms with van der Waals surface area (Å²) < 4.78 is 0.943. The fraction of sp³-hybridized carbons (Fsp3) is 0.250. The summed E-state index contributed by atoms with van der Waals surface area (Å²) in [6.07, 6.45) is 6.17. The summed E-state index contributed by atoms with van der Waals surface area (Å²) in [6, 6.07) is 3.94. The van der Waals surface area contributed by atoms with Gasteiger partial charge in [-0.2, -0.15) is 0 Å². The van der Waals surface area contributed by atoms with Crippen molar-refractivity contribution in [2.45, 2.75) is 29.6 Å². The second kappa shape index (κ2) is 6.26. The van der Waals surface area contributed by atoms with Crippen molar-refractivity contribution in [3.05, 3.63) is 40.8 Å². The van der Waals surface area contributed by atoms with Gasteiger partial charge in [-0.05, 0) is 58.7 Å². The number of hydrogen-bond donors (Lipinski definition) is 1. The minimum atomic E-state index is 0.122. The lowest BCUT2D eigenvalue weighted by atomic mass is 10.1. The molecule has 94 valence electrons. The summed E-state index contributed by atoms with van der Waals surface area (Å²) >= 11 is 4.88. The quantitative estimate of drug-likeness (QED) is 0.876. The van der Waals surface area contributed by atoms with E-state index in [1.807, 2.05) is 31.5 Å². The lowest BCUT2D eigenvalue weighted by Crippen LogP contribution is -2.17. The first kappa shape index (κ1) is 13.5. The van der Waals surface area contributed by atoms with Crippen molar-refractivity contribution in [1.29, 1.82) is 0 Å². The minimum Gasteiger partial charge on any atom is -0.328 e. The van der Waals surface area contributed by atoms with Gasteiger partial charge in [0.2, 0.25) is 0 Å². The predicted octanol–water partition coefficient (Wildman–Crippen LogP) is 2.68. The molecule has 2 rings (SSSR count). The molecule has 0 bridgehead atoms. The van der Waals surface area contributed by atoms with E-state index in [0.717, 1.165) is 21.5 Å². The summed E-state index contributed by atoms with van der Waals surface area (Å²) in [5, 5.41) is 1.54. The lowest BCUT2D eigenvalue weighted by Gasteiger charge is -2.05. The average molecular weight is 325 g/mol. The molecule has 0 spiro atoms. The first-order valence-electron chi connectivity index (χ1n) is 5.50. The largest absolute Gasteiger partial charge is 0.328 e. The van der Waals surface area contributed by atoms with E-state index in [1.165, 1.54) is 11.8 Å². The van der Waals surface area contributed by atoms with Crippen molar-refractivity contribution < 1.29 is 0 Å². The molecule has 2 heterocycles. The molecule has 4 nitrogen and oxygen atoms in total. The molecule has 6 heteroatoms. The maximum atomic E-state index is 5.73. The topological polar surface area (TPSA) is 64.7 Å². The summed E-state index contributed by atoms with van der Waals surface area (Å²) in [7, 11) is 0. The van der Waals surface area contributed by atoms with Crippen LogP contribution in [0.3, 0.4) is 0 Å². The monoisotopic (exact) mass is 324 g/mol. The van der Waals surface area contributed by atoms with Crippen molar-refractivity contribution in [2.24, 2.45) is 5.73 Å². The van der Waals surface area contributed by atoms with Crippen LogP contribution in [0.5, 0.6) is 0 Å². The molecule has 0 aliphatic carbocycles. The number of aromatic nitrogens is 3. The van der Waals surface area contributed by atoms with Crippen LogP contribution >= 0.6 is 27.7 Å². The van der Waals surface area contributed by atoms with Gasteiger partial charge in [0.1, 0.15) is 5.03 Å². The van der Waals surface area contributed by atoms with Crippen molar-refractivity contribution in [2.75, 3.05) is 0 Å². The maximum absolute atomic E-state index is 5.73. The Balaban J connectivity index is 2.09. The van der Waals surface area contributed by atoms with Gasteiger partial charge in [-0.1, -0.05) is 0 Å². The highest BCUT2D eigenvalue weighted by atomic mass is 79.9. The second-order valence-electron chi connectivity index (χ2n) is 3.95. The average Bonchev–Trinajstić information content (AvgIpc) is 2.34. The standard InChI is InChI=1S/C12H13BrN4S/c1-8(14)5-9-6-16-12(17-7-9)18-11-10(13)3-2-4-15-11/h2-4,6-8H,5,14H2,1H3. The number of pyridine rings is 1. The zero-order valence-corrected chi connectivity index (χ0v) is 12.3.